The third kappa shape index (κ3) is 5.23. The van der Waals surface area contributed by atoms with Crippen LogP contribution in [-0.4, -0.2) is 49.6 Å². The molecule has 1 fully saturated rings. The molecule has 1 saturated heterocycles. The summed E-state index contributed by atoms with van der Waals surface area (Å²) in [6.45, 7) is 3.73. The molecule has 0 radical (unpaired) electrons. The van der Waals surface area contributed by atoms with Crippen LogP contribution in [0.25, 0.3) is 0 Å². The first kappa shape index (κ1) is 12.3. The van der Waals surface area contributed by atoms with Crippen LogP contribution in [0.5, 0.6) is 0 Å². The van der Waals surface area contributed by atoms with Crippen molar-refractivity contribution in [1.82, 2.24) is 10.2 Å². The molecule has 1 N–H and O–H groups in total. The van der Waals surface area contributed by atoms with Crippen molar-refractivity contribution in [3.05, 3.63) is 0 Å². The van der Waals surface area contributed by atoms with E-state index in [4.69, 9.17) is 0 Å². The van der Waals surface area contributed by atoms with Crippen LogP contribution in [0.15, 0.2) is 0 Å². The molecule has 0 aromatic heterocycles. The van der Waals surface area contributed by atoms with Crippen LogP contribution >= 0.6 is 11.8 Å². The number of hydrogen-bond acceptors (Lipinski definition) is 3. The molecule has 2 nitrogen and oxygen atoms in total. The Kier molecular flexibility index (Phi) is 6.65. The average Bonchev–Trinajstić information content (AvgIpc) is 2.65. The SMILES string of the molecule is CSCCCCN(C)CC1CCCN1. The largest absolute Gasteiger partial charge is 0.313 e. The van der Waals surface area contributed by atoms with Gasteiger partial charge in [0.2, 0.25) is 0 Å². The molecule has 1 unspecified atom stereocenters. The van der Waals surface area contributed by atoms with Gasteiger partial charge in [0, 0.05) is 12.6 Å². The van der Waals surface area contributed by atoms with Gasteiger partial charge in [0.05, 0.1) is 0 Å². The highest BCUT2D eigenvalue weighted by Crippen LogP contribution is 2.07. The molecule has 1 rings (SSSR count). The van der Waals surface area contributed by atoms with E-state index in [1.165, 1.54) is 51.1 Å². The molecule has 1 aliphatic rings. The van der Waals surface area contributed by atoms with Crippen molar-refractivity contribution in [1.29, 1.82) is 0 Å². The van der Waals surface area contributed by atoms with E-state index in [0.717, 1.165) is 6.04 Å². The van der Waals surface area contributed by atoms with Crippen LogP contribution in [0, 0.1) is 0 Å². The molecule has 0 bridgehead atoms. The van der Waals surface area contributed by atoms with Gasteiger partial charge in [0.1, 0.15) is 0 Å². The Hall–Kier alpha value is 0.270. The predicted octanol–water partition coefficient (Wildman–Crippen LogP) is 1.81. The fourth-order valence-corrected chi connectivity index (χ4v) is 2.50. The fraction of sp³-hybridized carbons (Fsp3) is 1.00. The first-order chi connectivity index (χ1) is 6.83. The van der Waals surface area contributed by atoms with Crippen molar-refractivity contribution in [2.24, 2.45) is 0 Å². The lowest BCUT2D eigenvalue weighted by Crippen LogP contribution is -2.35. The maximum atomic E-state index is 3.54. The normalized spacial score (nSPS) is 22.1. The van der Waals surface area contributed by atoms with Gasteiger partial charge in [-0.25, -0.2) is 0 Å². The molecule has 0 spiro atoms. The fourth-order valence-electron chi connectivity index (χ4n) is 2.01. The first-order valence-corrected chi connectivity index (χ1v) is 7.13. The molecule has 0 aliphatic carbocycles. The van der Waals surface area contributed by atoms with E-state index in [9.17, 15) is 0 Å². The minimum atomic E-state index is 0.764. The van der Waals surface area contributed by atoms with Crippen LogP contribution in [0.1, 0.15) is 25.7 Å². The van der Waals surface area contributed by atoms with E-state index < -0.39 is 0 Å². The summed E-state index contributed by atoms with van der Waals surface area (Å²) < 4.78 is 0. The van der Waals surface area contributed by atoms with E-state index >= 15 is 0 Å². The standard InChI is InChI=1S/C11H24N2S/c1-13(8-3-4-9-14-2)10-11-6-5-7-12-11/h11-12H,3-10H2,1-2H3. The zero-order valence-corrected chi connectivity index (χ0v) is 10.4. The van der Waals surface area contributed by atoms with Crippen molar-refractivity contribution >= 4 is 11.8 Å². The molecular weight excluding hydrogens is 192 g/mol. The van der Waals surface area contributed by atoms with Gasteiger partial charge in [0.15, 0.2) is 0 Å². The number of rotatable bonds is 7. The van der Waals surface area contributed by atoms with Gasteiger partial charge in [-0.3, -0.25) is 0 Å². The van der Waals surface area contributed by atoms with Gasteiger partial charge in [-0.15, -0.1) is 0 Å². The molecule has 84 valence electrons. The van der Waals surface area contributed by atoms with Crippen molar-refractivity contribution in [2.75, 3.05) is 38.7 Å². The maximum Gasteiger partial charge on any atom is 0.0195 e. The van der Waals surface area contributed by atoms with E-state index in [1.54, 1.807) is 0 Å². The Morgan fingerprint density at radius 2 is 2.29 bits per heavy atom. The van der Waals surface area contributed by atoms with Crippen LogP contribution in [0.4, 0.5) is 0 Å². The summed E-state index contributed by atoms with van der Waals surface area (Å²) in [5.41, 5.74) is 0. The van der Waals surface area contributed by atoms with Gasteiger partial charge in [-0.05, 0) is 57.8 Å². The molecule has 1 aliphatic heterocycles. The van der Waals surface area contributed by atoms with E-state index in [-0.39, 0.29) is 0 Å². The van der Waals surface area contributed by atoms with Gasteiger partial charge in [0.25, 0.3) is 0 Å². The number of nitrogens with one attached hydrogen (secondary N) is 1. The summed E-state index contributed by atoms with van der Waals surface area (Å²) in [7, 11) is 2.25. The highest BCUT2D eigenvalue weighted by Gasteiger charge is 2.15. The minimum Gasteiger partial charge on any atom is -0.313 e. The Bertz CT molecular complexity index is 135. The lowest BCUT2D eigenvalue weighted by atomic mass is 10.2. The van der Waals surface area contributed by atoms with Crippen LogP contribution < -0.4 is 5.32 Å². The number of unbranched alkanes of at least 4 members (excludes halogenated alkanes) is 1. The highest BCUT2D eigenvalue weighted by molar-refractivity contribution is 7.98. The lowest BCUT2D eigenvalue weighted by Gasteiger charge is -2.20. The van der Waals surface area contributed by atoms with E-state index in [2.05, 4.69) is 23.5 Å². The molecule has 3 heteroatoms. The topological polar surface area (TPSA) is 15.3 Å². The maximum absolute atomic E-state index is 3.54. The zero-order chi connectivity index (χ0) is 10.2. The molecule has 0 aromatic rings. The second-order valence-corrected chi connectivity index (χ2v) is 5.24. The molecule has 1 heterocycles. The molecule has 0 saturated carbocycles. The number of likely N-dealkylation sites (N-methyl/N-ethyl adjacent to an activating group) is 1. The smallest absolute Gasteiger partial charge is 0.0195 e. The average molecular weight is 216 g/mol. The Morgan fingerprint density at radius 3 is 2.93 bits per heavy atom. The number of hydrogen-bond donors (Lipinski definition) is 1. The van der Waals surface area contributed by atoms with E-state index in [0.29, 0.717) is 0 Å². The van der Waals surface area contributed by atoms with Crippen molar-refractivity contribution < 1.29 is 0 Å². The Labute approximate surface area is 92.8 Å². The van der Waals surface area contributed by atoms with Gasteiger partial charge in [-0.2, -0.15) is 11.8 Å². The summed E-state index contributed by atoms with van der Waals surface area (Å²) in [5, 5.41) is 3.54. The molecular formula is C11H24N2S. The summed E-state index contributed by atoms with van der Waals surface area (Å²) >= 11 is 1.96. The summed E-state index contributed by atoms with van der Waals surface area (Å²) in [6, 6.07) is 0.764. The summed E-state index contributed by atoms with van der Waals surface area (Å²) in [6.07, 6.45) is 7.64. The van der Waals surface area contributed by atoms with Gasteiger partial charge >= 0.3 is 0 Å². The lowest BCUT2D eigenvalue weighted by molar-refractivity contribution is 0.296. The van der Waals surface area contributed by atoms with E-state index in [1.807, 2.05) is 11.8 Å². The Morgan fingerprint density at radius 1 is 1.43 bits per heavy atom. The molecule has 0 amide bonds. The summed E-state index contributed by atoms with van der Waals surface area (Å²) in [4.78, 5) is 2.48. The second-order valence-electron chi connectivity index (χ2n) is 4.26. The predicted molar refractivity (Wildman–Crippen MR) is 66.1 cm³/mol. The van der Waals surface area contributed by atoms with Crippen molar-refractivity contribution in [3.63, 3.8) is 0 Å². The quantitative estimate of drug-likeness (QED) is 0.654. The third-order valence-electron chi connectivity index (χ3n) is 2.83. The Balaban J connectivity index is 1.95. The minimum absolute atomic E-state index is 0.764. The van der Waals surface area contributed by atoms with Gasteiger partial charge in [-0.1, -0.05) is 0 Å². The van der Waals surface area contributed by atoms with Crippen LogP contribution in [-0.2, 0) is 0 Å². The second kappa shape index (κ2) is 7.55. The monoisotopic (exact) mass is 216 g/mol. The summed E-state index contributed by atoms with van der Waals surface area (Å²) in [5.74, 6) is 1.31. The van der Waals surface area contributed by atoms with Gasteiger partial charge < -0.3 is 10.2 Å². The highest BCUT2D eigenvalue weighted by atomic mass is 32.2. The zero-order valence-electron chi connectivity index (χ0n) is 9.59. The van der Waals surface area contributed by atoms with Crippen molar-refractivity contribution in [2.45, 2.75) is 31.7 Å². The van der Waals surface area contributed by atoms with Crippen LogP contribution in [0.2, 0.25) is 0 Å². The third-order valence-corrected chi connectivity index (χ3v) is 3.53. The first-order valence-electron chi connectivity index (χ1n) is 5.74. The molecule has 14 heavy (non-hydrogen) atoms. The number of thioether (sulfide) groups is 1. The van der Waals surface area contributed by atoms with Crippen molar-refractivity contribution in [3.8, 4) is 0 Å². The molecule has 1 atom stereocenters. The molecule has 0 aromatic carbocycles. The number of nitrogens with zero attached hydrogens (tertiary/aromatic N) is 1. The van der Waals surface area contributed by atoms with Crippen LogP contribution in [0.3, 0.4) is 0 Å².